The van der Waals surface area contributed by atoms with Crippen molar-refractivity contribution in [3.05, 3.63) is 54.0 Å². The molecule has 94 valence electrons. The van der Waals surface area contributed by atoms with Gasteiger partial charge in [-0.2, -0.15) is 0 Å². The first kappa shape index (κ1) is 12.4. The number of methoxy groups -OCH3 is 1. The molecule has 0 aliphatic heterocycles. The van der Waals surface area contributed by atoms with E-state index in [4.69, 9.17) is 4.74 Å². The van der Waals surface area contributed by atoms with E-state index in [0.29, 0.717) is 5.82 Å². The van der Waals surface area contributed by atoms with Gasteiger partial charge in [0.15, 0.2) is 0 Å². The first-order valence-electron chi connectivity index (χ1n) is 5.71. The molecule has 1 heterocycles. The first-order valence-corrected chi connectivity index (χ1v) is 5.71. The van der Waals surface area contributed by atoms with E-state index in [2.05, 4.69) is 10.3 Å². The molecule has 0 saturated carbocycles. The van der Waals surface area contributed by atoms with Crippen molar-refractivity contribution in [2.24, 2.45) is 0 Å². The lowest BCUT2D eigenvalue weighted by molar-refractivity contribution is 0.414. The molecular formula is C14H15FN2O. The summed E-state index contributed by atoms with van der Waals surface area (Å²) in [6, 6.07) is 10.9. The van der Waals surface area contributed by atoms with Crippen LogP contribution in [0.5, 0.6) is 5.75 Å². The van der Waals surface area contributed by atoms with E-state index in [1.165, 1.54) is 12.3 Å². The largest absolute Gasteiger partial charge is 0.497 e. The molecule has 1 aromatic carbocycles. The standard InChI is InChI=1S/C14H15FN2O/c1-10(11-3-6-13(18-2)7-4-11)17-14-8-5-12(15)9-16-14/h3-10H,1-2H3,(H,16,17). The molecule has 0 aliphatic carbocycles. The lowest BCUT2D eigenvalue weighted by Gasteiger charge is -2.15. The van der Waals surface area contributed by atoms with Gasteiger partial charge in [0.05, 0.1) is 13.3 Å². The number of nitrogens with one attached hydrogen (secondary N) is 1. The van der Waals surface area contributed by atoms with E-state index >= 15 is 0 Å². The molecule has 1 N–H and O–H groups in total. The molecule has 1 atom stereocenters. The van der Waals surface area contributed by atoms with Gasteiger partial charge in [0.1, 0.15) is 17.4 Å². The Bertz CT molecular complexity index is 496. The number of benzene rings is 1. The smallest absolute Gasteiger partial charge is 0.141 e. The summed E-state index contributed by atoms with van der Waals surface area (Å²) in [6.45, 7) is 2.02. The predicted octanol–water partition coefficient (Wildman–Crippen LogP) is 3.40. The zero-order chi connectivity index (χ0) is 13.0. The Labute approximate surface area is 106 Å². The summed E-state index contributed by atoms with van der Waals surface area (Å²) in [4.78, 5) is 3.97. The van der Waals surface area contributed by atoms with Crippen LogP contribution >= 0.6 is 0 Å². The fourth-order valence-corrected chi connectivity index (χ4v) is 1.66. The number of halogens is 1. The van der Waals surface area contributed by atoms with E-state index in [1.54, 1.807) is 13.2 Å². The maximum Gasteiger partial charge on any atom is 0.141 e. The molecule has 0 spiro atoms. The van der Waals surface area contributed by atoms with Crippen LogP contribution in [0.4, 0.5) is 10.2 Å². The summed E-state index contributed by atoms with van der Waals surface area (Å²) >= 11 is 0. The Balaban J connectivity index is 2.06. The number of hydrogen-bond donors (Lipinski definition) is 1. The van der Waals surface area contributed by atoms with E-state index in [0.717, 1.165) is 11.3 Å². The van der Waals surface area contributed by atoms with Gasteiger partial charge in [-0.15, -0.1) is 0 Å². The van der Waals surface area contributed by atoms with E-state index < -0.39 is 0 Å². The van der Waals surface area contributed by atoms with Crippen molar-refractivity contribution >= 4 is 5.82 Å². The maximum atomic E-state index is 12.7. The molecule has 3 nitrogen and oxygen atoms in total. The highest BCUT2D eigenvalue weighted by molar-refractivity contribution is 5.38. The maximum absolute atomic E-state index is 12.7. The Morgan fingerprint density at radius 1 is 1.17 bits per heavy atom. The molecule has 0 bridgehead atoms. The number of pyridine rings is 1. The van der Waals surface area contributed by atoms with Crippen LogP contribution in [-0.4, -0.2) is 12.1 Å². The van der Waals surface area contributed by atoms with Gasteiger partial charge in [-0.25, -0.2) is 9.37 Å². The van der Waals surface area contributed by atoms with Crippen molar-refractivity contribution in [2.45, 2.75) is 13.0 Å². The van der Waals surface area contributed by atoms with Crippen molar-refractivity contribution in [1.29, 1.82) is 0 Å². The summed E-state index contributed by atoms with van der Waals surface area (Å²) in [7, 11) is 1.64. The third-order valence-electron chi connectivity index (χ3n) is 2.71. The molecule has 2 aromatic rings. The SMILES string of the molecule is COc1ccc(C(C)Nc2ccc(F)cn2)cc1. The van der Waals surface area contributed by atoms with Gasteiger partial charge in [0.2, 0.25) is 0 Å². The Kier molecular flexibility index (Phi) is 3.77. The molecule has 18 heavy (non-hydrogen) atoms. The van der Waals surface area contributed by atoms with Gasteiger partial charge >= 0.3 is 0 Å². The van der Waals surface area contributed by atoms with Crippen molar-refractivity contribution in [2.75, 3.05) is 12.4 Å². The minimum atomic E-state index is -0.336. The third-order valence-corrected chi connectivity index (χ3v) is 2.71. The van der Waals surface area contributed by atoms with Crippen molar-refractivity contribution in [1.82, 2.24) is 4.98 Å². The Morgan fingerprint density at radius 3 is 2.44 bits per heavy atom. The highest BCUT2D eigenvalue weighted by Gasteiger charge is 2.06. The van der Waals surface area contributed by atoms with Gasteiger partial charge in [-0.1, -0.05) is 12.1 Å². The summed E-state index contributed by atoms with van der Waals surface area (Å²) in [5, 5.41) is 3.20. The number of anilines is 1. The van der Waals surface area contributed by atoms with Gasteiger partial charge < -0.3 is 10.1 Å². The topological polar surface area (TPSA) is 34.1 Å². The summed E-state index contributed by atoms with van der Waals surface area (Å²) < 4.78 is 17.8. The fraction of sp³-hybridized carbons (Fsp3) is 0.214. The monoisotopic (exact) mass is 246 g/mol. The van der Waals surface area contributed by atoms with Crippen molar-refractivity contribution < 1.29 is 9.13 Å². The Hall–Kier alpha value is -2.10. The van der Waals surface area contributed by atoms with Gasteiger partial charge in [-0.3, -0.25) is 0 Å². The number of aromatic nitrogens is 1. The van der Waals surface area contributed by atoms with Crippen LogP contribution in [0.15, 0.2) is 42.6 Å². The molecule has 1 unspecified atom stereocenters. The van der Waals surface area contributed by atoms with Gasteiger partial charge in [-0.05, 0) is 36.8 Å². The summed E-state index contributed by atoms with van der Waals surface area (Å²) in [5.41, 5.74) is 1.11. The second-order valence-electron chi connectivity index (χ2n) is 4.00. The molecule has 2 rings (SSSR count). The van der Waals surface area contributed by atoms with Gasteiger partial charge in [0, 0.05) is 6.04 Å². The highest BCUT2D eigenvalue weighted by Crippen LogP contribution is 2.20. The van der Waals surface area contributed by atoms with Crippen LogP contribution in [0, 0.1) is 5.82 Å². The molecule has 0 aliphatic rings. The minimum Gasteiger partial charge on any atom is -0.497 e. The number of ether oxygens (including phenoxy) is 1. The number of hydrogen-bond acceptors (Lipinski definition) is 3. The summed E-state index contributed by atoms with van der Waals surface area (Å²) in [5.74, 6) is 1.14. The average molecular weight is 246 g/mol. The Morgan fingerprint density at radius 2 is 1.89 bits per heavy atom. The first-order chi connectivity index (χ1) is 8.69. The van der Waals surface area contributed by atoms with Crippen LogP contribution in [0.2, 0.25) is 0 Å². The van der Waals surface area contributed by atoms with E-state index in [-0.39, 0.29) is 11.9 Å². The van der Waals surface area contributed by atoms with Crippen molar-refractivity contribution in [3.63, 3.8) is 0 Å². The quantitative estimate of drug-likeness (QED) is 0.897. The molecule has 0 amide bonds. The van der Waals surface area contributed by atoms with Crippen LogP contribution in [-0.2, 0) is 0 Å². The normalized spacial score (nSPS) is 11.9. The molecule has 0 radical (unpaired) electrons. The molecule has 0 saturated heterocycles. The average Bonchev–Trinajstić information content (AvgIpc) is 2.41. The number of nitrogens with zero attached hydrogens (tertiary/aromatic N) is 1. The molecular weight excluding hydrogens is 231 g/mol. The lowest BCUT2D eigenvalue weighted by Crippen LogP contribution is -2.07. The second-order valence-corrected chi connectivity index (χ2v) is 4.00. The summed E-state index contributed by atoms with van der Waals surface area (Å²) in [6.07, 6.45) is 1.20. The molecule has 0 fully saturated rings. The number of rotatable bonds is 4. The fourth-order valence-electron chi connectivity index (χ4n) is 1.66. The van der Waals surface area contributed by atoms with E-state index in [9.17, 15) is 4.39 Å². The highest BCUT2D eigenvalue weighted by atomic mass is 19.1. The van der Waals surface area contributed by atoms with E-state index in [1.807, 2.05) is 31.2 Å². The van der Waals surface area contributed by atoms with Crippen molar-refractivity contribution in [3.8, 4) is 5.75 Å². The van der Waals surface area contributed by atoms with Crippen LogP contribution in [0.1, 0.15) is 18.5 Å². The minimum absolute atomic E-state index is 0.0915. The third kappa shape index (κ3) is 2.97. The van der Waals surface area contributed by atoms with Crippen LogP contribution < -0.4 is 10.1 Å². The molecule has 4 heteroatoms. The predicted molar refractivity (Wildman–Crippen MR) is 69.2 cm³/mol. The lowest BCUT2D eigenvalue weighted by atomic mass is 10.1. The van der Waals surface area contributed by atoms with Gasteiger partial charge in [0.25, 0.3) is 0 Å². The van der Waals surface area contributed by atoms with Crippen LogP contribution in [0.3, 0.4) is 0 Å². The second kappa shape index (κ2) is 5.49. The zero-order valence-corrected chi connectivity index (χ0v) is 10.4. The van der Waals surface area contributed by atoms with Crippen LogP contribution in [0.25, 0.3) is 0 Å². The zero-order valence-electron chi connectivity index (χ0n) is 10.4. The molecule has 1 aromatic heterocycles.